The summed E-state index contributed by atoms with van der Waals surface area (Å²) < 4.78 is 0.0816. The molecule has 0 saturated carbocycles. The Morgan fingerprint density at radius 1 is 1.25 bits per heavy atom. The minimum atomic E-state index is 0.0816. The van der Waals surface area contributed by atoms with Crippen LogP contribution < -0.4 is 0 Å². The van der Waals surface area contributed by atoms with Crippen molar-refractivity contribution in [2.24, 2.45) is 5.11 Å². The number of hydrogen-bond donors (Lipinski definition) is 0. The second-order valence-electron chi connectivity index (χ2n) is 2.80. The van der Waals surface area contributed by atoms with Gasteiger partial charge in [-0.15, -0.1) is 23.5 Å². The molecule has 0 aromatic heterocycles. The molecule has 0 spiro atoms. The third-order valence-corrected chi connectivity index (χ3v) is 4.77. The zero-order chi connectivity index (χ0) is 8.39. The summed E-state index contributed by atoms with van der Waals surface area (Å²) in [4.78, 5) is 5.78. The van der Waals surface area contributed by atoms with E-state index < -0.39 is 0 Å². The SMILES string of the molecule is [N-]=[N+]=NC1SC2=C(CCCC2)S1. The fourth-order valence-corrected chi connectivity index (χ4v) is 4.29. The molecule has 3 nitrogen and oxygen atoms in total. The lowest BCUT2D eigenvalue weighted by molar-refractivity contribution is 0.718. The highest BCUT2D eigenvalue weighted by Crippen LogP contribution is 2.52. The molecule has 0 radical (unpaired) electrons. The lowest BCUT2D eigenvalue weighted by Gasteiger charge is -2.10. The minimum absolute atomic E-state index is 0.0816. The monoisotopic (exact) mass is 199 g/mol. The van der Waals surface area contributed by atoms with Crippen LogP contribution >= 0.6 is 23.5 Å². The largest absolute Gasteiger partial charge is 0.137 e. The summed E-state index contributed by atoms with van der Waals surface area (Å²) in [5.74, 6) is 0. The average Bonchev–Trinajstić information content (AvgIpc) is 2.47. The normalized spacial score (nSPS) is 23.7. The van der Waals surface area contributed by atoms with Crippen molar-refractivity contribution in [2.75, 3.05) is 0 Å². The second kappa shape index (κ2) is 3.64. The van der Waals surface area contributed by atoms with Crippen molar-refractivity contribution in [3.8, 4) is 0 Å². The molecule has 0 bridgehead atoms. The lowest BCUT2D eigenvalue weighted by Crippen LogP contribution is -1.89. The number of rotatable bonds is 1. The van der Waals surface area contributed by atoms with Crippen molar-refractivity contribution in [3.63, 3.8) is 0 Å². The summed E-state index contributed by atoms with van der Waals surface area (Å²) >= 11 is 3.48. The van der Waals surface area contributed by atoms with Gasteiger partial charge in [-0.2, -0.15) is 0 Å². The summed E-state index contributed by atoms with van der Waals surface area (Å²) in [6.07, 6.45) is 5.00. The van der Waals surface area contributed by atoms with Gasteiger partial charge in [0.25, 0.3) is 0 Å². The van der Waals surface area contributed by atoms with Crippen LogP contribution in [0, 0.1) is 0 Å². The van der Waals surface area contributed by atoms with Crippen molar-refractivity contribution in [2.45, 2.75) is 30.4 Å². The molecule has 1 aliphatic heterocycles. The Bertz CT molecular complexity index is 250. The summed E-state index contributed by atoms with van der Waals surface area (Å²) in [5, 5.41) is 3.71. The van der Waals surface area contributed by atoms with E-state index in [4.69, 9.17) is 5.53 Å². The zero-order valence-corrected chi connectivity index (χ0v) is 8.20. The van der Waals surface area contributed by atoms with Gasteiger partial charge in [-0.1, -0.05) is 5.11 Å². The molecule has 0 amide bonds. The van der Waals surface area contributed by atoms with E-state index in [0.29, 0.717) is 0 Å². The number of allylic oxidation sites excluding steroid dienone is 2. The van der Waals surface area contributed by atoms with E-state index in [2.05, 4.69) is 10.0 Å². The van der Waals surface area contributed by atoms with Crippen LogP contribution in [-0.2, 0) is 0 Å². The Hall–Kier alpha value is -0.250. The smallest absolute Gasteiger partial charge is 0.109 e. The maximum absolute atomic E-state index is 8.27. The molecule has 12 heavy (non-hydrogen) atoms. The van der Waals surface area contributed by atoms with E-state index in [0.717, 1.165) is 0 Å². The predicted molar refractivity (Wildman–Crippen MR) is 53.6 cm³/mol. The highest BCUT2D eigenvalue weighted by Gasteiger charge is 2.26. The van der Waals surface area contributed by atoms with E-state index in [1.807, 2.05) is 0 Å². The maximum Gasteiger partial charge on any atom is 0.137 e. The van der Waals surface area contributed by atoms with Gasteiger partial charge in [-0.25, -0.2) is 0 Å². The summed E-state index contributed by atoms with van der Waals surface area (Å²) in [7, 11) is 0. The van der Waals surface area contributed by atoms with Crippen LogP contribution in [0.4, 0.5) is 0 Å². The van der Waals surface area contributed by atoms with Gasteiger partial charge in [-0.05, 0) is 41.0 Å². The number of hydrogen-bond acceptors (Lipinski definition) is 3. The Morgan fingerprint density at radius 2 is 1.83 bits per heavy atom. The summed E-state index contributed by atoms with van der Waals surface area (Å²) in [5.41, 5.74) is 8.27. The highest BCUT2D eigenvalue weighted by atomic mass is 32.2. The van der Waals surface area contributed by atoms with Crippen molar-refractivity contribution < 1.29 is 0 Å². The first-order valence-corrected chi connectivity index (χ1v) is 5.75. The van der Waals surface area contributed by atoms with Crippen LogP contribution in [-0.4, -0.2) is 4.71 Å². The van der Waals surface area contributed by atoms with Gasteiger partial charge in [0, 0.05) is 4.91 Å². The van der Waals surface area contributed by atoms with Crippen molar-refractivity contribution >= 4 is 23.5 Å². The van der Waals surface area contributed by atoms with Crippen molar-refractivity contribution in [1.29, 1.82) is 0 Å². The fourth-order valence-electron chi connectivity index (χ4n) is 1.46. The van der Waals surface area contributed by atoms with Crippen LogP contribution in [0.5, 0.6) is 0 Å². The van der Waals surface area contributed by atoms with Crippen LogP contribution in [0.1, 0.15) is 25.7 Å². The lowest BCUT2D eigenvalue weighted by atomic mass is 10.1. The predicted octanol–water partition coefficient (Wildman–Crippen LogP) is 3.85. The molecule has 0 saturated heterocycles. The van der Waals surface area contributed by atoms with Crippen LogP contribution in [0.25, 0.3) is 10.4 Å². The first-order chi connectivity index (χ1) is 5.90. The van der Waals surface area contributed by atoms with E-state index in [9.17, 15) is 0 Å². The molecule has 0 aromatic carbocycles. The molecule has 1 heterocycles. The molecule has 2 rings (SSSR count). The average molecular weight is 199 g/mol. The van der Waals surface area contributed by atoms with Crippen molar-refractivity contribution in [1.82, 2.24) is 0 Å². The maximum atomic E-state index is 8.27. The van der Waals surface area contributed by atoms with E-state index in [1.165, 1.54) is 35.5 Å². The molecule has 0 unspecified atom stereocenters. The third-order valence-electron chi connectivity index (χ3n) is 2.00. The topological polar surface area (TPSA) is 48.8 Å². The first kappa shape index (κ1) is 8.35. The van der Waals surface area contributed by atoms with Gasteiger partial charge in [0.15, 0.2) is 0 Å². The Kier molecular flexibility index (Phi) is 2.54. The van der Waals surface area contributed by atoms with E-state index in [1.54, 1.807) is 23.5 Å². The van der Waals surface area contributed by atoms with Gasteiger partial charge in [0.1, 0.15) is 4.71 Å². The molecule has 2 aliphatic rings. The molecule has 0 N–H and O–H groups in total. The number of azide groups is 1. The minimum Gasteiger partial charge on any atom is -0.109 e. The summed E-state index contributed by atoms with van der Waals surface area (Å²) in [6, 6.07) is 0. The third kappa shape index (κ3) is 1.58. The Labute approximate surface area is 79.6 Å². The number of nitrogens with zero attached hydrogens (tertiary/aromatic N) is 3. The van der Waals surface area contributed by atoms with Crippen LogP contribution in [0.3, 0.4) is 0 Å². The van der Waals surface area contributed by atoms with Gasteiger partial charge in [0.05, 0.1) is 0 Å². The first-order valence-electron chi connectivity index (χ1n) is 3.99. The molecule has 5 heteroatoms. The molecular formula is C7H9N3S2. The van der Waals surface area contributed by atoms with Gasteiger partial charge in [0.2, 0.25) is 0 Å². The molecule has 1 aliphatic carbocycles. The zero-order valence-electron chi connectivity index (χ0n) is 6.56. The molecule has 0 atom stereocenters. The van der Waals surface area contributed by atoms with Crippen LogP contribution in [0.15, 0.2) is 14.9 Å². The van der Waals surface area contributed by atoms with Gasteiger partial charge >= 0.3 is 0 Å². The standard InChI is InChI=1S/C7H9N3S2/c8-10-9-7-11-5-3-1-2-4-6(5)12-7/h7H,1-4H2. The Balaban J connectivity index is 2.06. The fraction of sp³-hybridized carbons (Fsp3) is 0.714. The van der Waals surface area contributed by atoms with Crippen LogP contribution in [0.2, 0.25) is 0 Å². The molecule has 0 fully saturated rings. The van der Waals surface area contributed by atoms with Crippen molar-refractivity contribution in [3.05, 3.63) is 20.3 Å². The van der Waals surface area contributed by atoms with Gasteiger partial charge in [-0.3, -0.25) is 0 Å². The molecular weight excluding hydrogens is 190 g/mol. The molecule has 0 aromatic rings. The second-order valence-corrected chi connectivity index (χ2v) is 5.45. The number of thioether (sulfide) groups is 2. The van der Waals surface area contributed by atoms with E-state index >= 15 is 0 Å². The quantitative estimate of drug-likeness (QED) is 0.366. The van der Waals surface area contributed by atoms with E-state index in [-0.39, 0.29) is 4.71 Å². The highest BCUT2D eigenvalue weighted by molar-refractivity contribution is 8.23. The van der Waals surface area contributed by atoms with Gasteiger partial charge < -0.3 is 0 Å². The Morgan fingerprint density at radius 3 is 2.33 bits per heavy atom. The summed E-state index contributed by atoms with van der Waals surface area (Å²) in [6.45, 7) is 0. The molecule has 64 valence electrons.